The molecule has 0 aliphatic carbocycles. The molecule has 1 N–H and O–H groups in total. The van der Waals surface area contributed by atoms with Crippen LogP contribution in [0.25, 0.3) is 0 Å². The molecule has 0 aliphatic rings. The van der Waals surface area contributed by atoms with Crippen molar-refractivity contribution in [2.45, 2.75) is 16.7 Å². The monoisotopic (exact) mass is 377 g/mol. The van der Waals surface area contributed by atoms with Crippen molar-refractivity contribution in [2.75, 3.05) is 11.0 Å². The molecule has 0 amide bonds. The minimum atomic E-state index is -3.47. The molecule has 0 bridgehead atoms. The van der Waals surface area contributed by atoms with Crippen LogP contribution >= 0.6 is 23.2 Å². The molecule has 0 spiro atoms. The summed E-state index contributed by atoms with van der Waals surface area (Å²) in [4.78, 5) is 0.525. The van der Waals surface area contributed by atoms with E-state index in [1.807, 2.05) is 0 Å². The number of nitrogens with one attached hydrogen (secondary N) is 1. The van der Waals surface area contributed by atoms with Crippen LogP contribution in [0.15, 0.2) is 46.2 Å². The number of aryl methyl sites for hydroxylation is 1. The average Bonchev–Trinajstić information content (AvgIpc) is 2.40. The van der Waals surface area contributed by atoms with E-state index in [1.165, 1.54) is 18.2 Å². The summed E-state index contributed by atoms with van der Waals surface area (Å²) in [6, 6.07) is 9.21. The van der Waals surface area contributed by atoms with Crippen molar-refractivity contribution in [1.29, 1.82) is 0 Å². The molecule has 118 valence electrons. The summed E-state index contributed by atoms with van der Waals surface area (Å²) < 4.78 is 38.6. The second-order valence-corrected chi connectivity index (χ2v) is 8.74. The largest absolute Gasteiger partial charge is 0.588 e. The van der Waals surface area contributed by atoms with Gasteiger partial charge in [0.05, 0.1) is 4.90 Å². The first-order valence-corrected chi connectivity index (χ1v) is 9.92. The Morgan fingerprint density at radius 3 is 2.41 bits per heavy atom. The van der Waals surface area contributed by atoms with Gasteiger partial charge in [-0.3, -0.25) is 0 Å². The van der Waals surface area contributed by atoms with Crippen LogP contribution in [0.4, 0.5) is 5.69 Å². The lowest BCUT2D eigenvalue weighted by Gasteiger charge is -2.14. The van der Waals surface area contributed by atoms with Crippen LogP contribution in [0.2, 0.25) is 10.0 Å². The molecule has 0 heterocycles. The van der Waals surface area contributed by atoms with Gasteiger partial charge < -0.3 is 4.55 Å². The Morgan fingerprint density at radius 1 is 1.14 bits per heavy atom. The fourth-order valence-corrected chi connectivity index (χ4v) is 3.94. The van der Waals surface area contributed by atoms with E-state index in [0.717, 1.165) is 11.8 Å². The van der Waals surface area contributed by atoms with Crippen molar-refractivity contribution in [1.82, 2.24) is 0 Å². The Balaban J connectivity index is 2.37. The molecule has 0 radical (unpaired) electrons. The summed E-state index contributed by atoms with van der Waals surface area (Å²) in [5.41, 5.74) is 0.977. The topological polar surface area (TPSA) is 69.2 Å². The SMILES string of the molecule is Cc1cc([S+]([O-])Nc2cc(Cl)ccc2S(C)(=O)=O)ccc1Cl. The highest BCUT2D eigenvalue weighted by Gasteiger charge is 2.19. The van der Waals surface area contributed by atoms with Crippen LogP contribution in [0.1, 0.15) is 5.56 Å². The van der Waals surface area contributed by atoms with Gasteiger partial charge in [-0.15, -0.1) is 0 Å². The number of sulfone groups is 1. The number of halogens is 2. The minimum absolute atomic E-state index is 0.0379. The third kappa shape index (κ3) is 4.08. The van der Waals surface area contributed by atoms with E-state index < -0.39 is 21.2 Å². The van der Waals surface area contributed by atoms with Crippen molar-refractivity contribution in [3.8, 4) is 0 Å². The first kappa shape index (κ1) is 17.4. The van der Waals surface area contributed by atoms with Crippen LogP contribution in [0.5, 0.6) is 0 Å². The van der Waals surface area contributed by atoms with Gasteiger partial charge in [0.25, 0.3) is 0 Å². The van der Waals surface area contributed by atoms with Crippen molar-refractivity contribution in [2.24, 2.45) is 0 Å². The van der Waals surface area contributed by atoms with E-state index in [1.54, 1.807) is 25.1 Å². The van der Waals surface area contributed by atoms with Gasteiger partial charge in [0, 0.05) is 22.4 Å². The third-order valence-corrected chi connectivity index (χ3v) is 5.79. The average molecular weight is 378 g/mol. The van der Waals surface area contributed by atoms with Crippen molar-refractivity contribution >= 4 is 50.1 Å². The van der Waals surface area contributed by atoms with E-state index in [9.17, 15) is 13.0 Å². The molecule has 8 heteroatoms. The van der Waals surface area contributed by atoms with E-state index in [2.05, 4.69) is 4.72 Å². The van der Waals surface area contributed by atoms with Crippen LogP contribution < -0.4 is 4.72 Å². The van der Waals surface area contributed by atoms with Gasteiger partial charge >= 0.3 is 0 Å². The maximum Gasteiger partial charge on any atom is 0.180 e. The van der Waals surface area contributed by atoms with Gasteiger partial charge in [-0.2, -0.15) is 0 Å². The molecule has 4 nitrogen and oxygen atoms in total. The molecule has 0 aliphatic heterocycles. The predicted octanol–water partition coefficient (Wildman–Crippen LogP) is 3.84. The molecular formula is C14H13Cl2NO3S2. The van der Waals surface area contributed by atoms with Gasteiger partial charge in [0.1, 0.15) is 17.0 Å². The van der Waals surface area contributed by atoms with Gasteiger partial charge in [0.2, 0.25) is 0 Å². The lowest BCUT2D eigenvalue weighted by Crippen LogP contribution is -2.15. The predicted molar refractivity (Wildman–Crippen MR) is 90.8 cm³/mol. The summed E-state index contributed by atoms with van der Waals surface area (Å²) in [5.74, 6) is 0. The third-order valence-electron chi connectivity index (χ3n) is 2.89. The Hall–Kier alpha value is -0.920. The van der Waals surface area contributed by atoms with Crippen molar-refractivity contribution in [3.63, 3.8) is 0 Å². The smallest absolute Gasteiger partial charge is 0.180 e. The molecule has 2 aromatic carbocycles. The van der Waals surface area contributed by atoms with Crippen LogP contribution in [-0.2, 0) is 21.2 Å². The molecule has 2 rings (SSSR count). The fourth-order valence-electron chi connectivity index (χ4n) is 1.80. The molecule has 22 heavy (non-hydrogen) atoms. The minimum Gasteiger partial charge on any atom is -0.588 e. The molecule has 1 atom stereocenters. The highest BCUT2D eigenvalue weighted by atomic mass is 35.5. The molecule has 0 fully saturated rings. The number of hydrogen-bond donors (Lipinski definition) is 1. The fraction of sp³-hybridized carbons (Fsp3) is 0.143. The van der Waals surface area contributed by atoms with E-state index in [0.29, 0.717) is 14.9 Å². The highest BCUT2D eigenvalue weighted by molar-refractivity contribution is 7.93. The van der Waals surface area contributed by atoms with Crippen LogP contribution in [0, 0.1) is 6.92 Å². The zero-order valence-electron chi connectivity index (χ0n) is 11.8. The van der Waals surface area contributed by atoms with E-state index in [-0.39, 0.29) is 10.6 Å². The standard InChI is InChI=1S/C14H13Cl2NO3S2/c1-9-7-11(4-5-12(9)16)21(18)17-13-8-10(15)3-6-14(13)22(2,19)20/h3-8,17H,1-2H3. The maximum atomic E-state index is 12.4. The van der Waals surface area contributed by atoms with Gasteiger partial charge in [0.15, 0.2) is 14.7 Å². The molecule has 2 aromatic rings. The summed E-state index contributed by atoms with van der Waals surface area (Å²) in [6.45, 7) is 1.80. The summed E-state index contributed by atoms with van der Waals surface area (Å²) >= 11 is 10.2. The van der Waals surface area contributed by atoms with Crippen molar-refractivity contribution in [3.05, 3.63) is 52.0 Å². The normalized spacial score (nSPS) is 13.0. The van der Waals surface area contributed by atoms with Gasteiger partial charge in [-0.25, -0.2) is 13.1 Å². The number of hydrogen-bond acceptors (Lipinski definition) is 4. The number of rotatable bonds is 4. The van der Waals surface area contributed by atoms with E-state index in [4.69, 9.17) is 23.2 Å². The molecule has 0 saturated carbocycles. The van der Waals surface area contributed by atoms with Crippen LogP contribution in [-0.4, -0.2) is 19.2 Å². The van der Waals surface area contributed by atoms with Crippen LogP contribution in [0.3, 0.4) is 0 Å². The number of anilines is 1. The Labute approximate surface area is 142 Å². The van der Waals surface area contributed by atoms with Crippen molar-refractivity contribution < 1.29 is 13.0 Å². The second kappa shape index (κ2) is 6.68. The molecular weight excluding hydrogens is 365 g/mol. The Morgan fingerprint density at radius 2 is 1.82 bits per heavy atom. The Bertz CT molecular complexity index is 810. The second-order valence-electron chi connectivity index (χ2n) is 4.69. The van der Waals surface area contributed by atoms with Gasteiger partial charge in [-0.05, 0) is 42.8 Å². The van der Waals surface area contributed by atoms with Gasteiger partial charge in [-0.1, -0.05) is 23.2 Å². The molecule has 1 unspecified atom stereocenters. The van der Waals surface area contributed by atoms with E-state index >= 15 is 0 Å². The maximum absolute atomic E-state index is 12.4. The summed E-state index contributed by atoms with van der Waals surface area (Å²) in [6.07, 6.45) is 1.08. The number of benzene rings is 2. The zero-order chi connectivity index (χ0) is 16.5. The lowest BCUT2D eigenvalue weighted by molar-refractivity contribution is 0.599. The molecule has 0 saturated heterocycles. The first-order chi connectivity index (χ1) is 10.2. The first-order valence-electron chi connectivity index (χ1n) is 6.12. The highest BCUT2D eigenvalue weighted by Crippen LogP contribution is 2.28. The quantitative estimate of drug-likeness (QED) is 0.821. The lowest BCUT2D eigenvalue weighted by atomic mass is 10.2. The zero-order valence-corrected chi connectivity index (χ0v) is 14.9. The Kier molecular flexibility index (Phi) is 5.29. The summed E-state index contributed by atoms with van der Waals surface area (Å²) in [7, 11) is -3.47. The summed E-state index contributed by atoms with van der Waals surface area (Å²) in [5, 5.41) is 0.916. The molecule has 0 aromatic heterocycles.